The Kier molecular flexibility index (Phi) is 5.22. The monoisotopic (exact) mass is 400 g/mol. The first kappa shape index (κ1) is 19.0. The van der Waals surface area contributed by atoms with Crippen LogP contribution in [0.5, 0.6) is 0 Å². The fourth-order valence-electron chi connectivity index (χ4n) is 2.54. The third kappa shape index (κ3) is 4.48. The average Bonchev–Trinajstić information content (AvgIpc) is 3.02. The number of thiazole rings is 1. The SMILES string of the molecule is COC(=O)Nc1nc2c(s1)CN(C(=O)Nc1cccc(C(F)(F)F)c1)CC2. The van der Waals surface area contributed by atoms with Crippen molar-refractivity contribution in [3.8, 4) is 0 Å². The molecule has 0 unspecified atom stereocenters. The number of amides is 3. The number of nitrogens with zero attached hydrogens (tertiary/aromatic N) is 2. The Morgan fingerprint density at radius 2 is 2.07 bits per heavy atom. The van der Waals surface area contributed by atoms with Gasteiger partial charge in [-0.05, 0) is 18.2 Å². The second-order valence-corrected chi connectivity index (χ2v) is 6.77. The fraction of sp³-hybridized carbons (Fsp3) is 0.312. The van der Waals surface area contributed by atoms with Crippen molar-refractivity contribution in [2.75, 3.05) is 24.3 Å². The second kappa shape index (κ2) is 7.43. The van der Waals surface area contributed by atoms with Crippen LogP contribution in [-0.2, 0) is 23.9 Å². The largest absolute Gasteiger partial charge is 0.453 e. The van der Waals surface area contributed by atoms with Crippen molar-refractivity contribution in [1.29, 1.82) is 0 Å². The molecule has 2 aromatic rings. The summed E-state index contributed by atoms with van der Waals surface area (Å²) in [7, 11) is 1.24. The summed E-state index contributed by atoms with van der Waals surface area (Å²) in [6, 6.07) is 3.96. The summed E-state index contributed by atoms with van der Waals surface area (Å²) in [5.41, 5.74) is 0.00899. The number of rotatable bonds is 2. The van der Waals surface area contributed by atoms with Crippen molar-refractivity contribution in [2.24, 2.45) is 0 Å². The molecular formula is C16H15F3N4O3S. The van der Waals surface area contributed by atoms with Gasteiger partial charge in [0, 0.05) is 23.5 Å². The number of halogens is 3. The van der Waals surface area contributed by atoms with Gasteiger partial charge in [0.1, 0.15) is 0 Å². The first-order valence-electron chi connectivity index (χ1n) is 7.83. The van der Waals surface area contributed by atoms with Crippen molar-refractivity contribution >= 4 is 34.3 Å². The summed E-state index contributed by atoms with van der Waals surface area (Å²) in [5.74, 6) is 0. The van der Waals surface area contributed by atoms with Gasteiger partial charge in [-0.1, -0.05) is 17.4 Å². The lowest BCUT2D eigenvalue weighted by molar-refractivity contribution is -0.137. The topological polar surface area (TPSA) is 83.6 Å². The van der Waals surface area contributed by atoms with Crippen LogP contribution >= 0.6 is 11.3 Å². The van der Waals surface area contributed by atoms with Gasteiger partial charge in [0.05, 0.1) is 24.9 Å². The Labute approximate surface area is 156 Å². The van der Waals surface area contributed by atoms with Gasteiger partial charge in [-0.15, -0.1) is 0 Å². The van der Waals surface area contributed by atoms with Crippen LogP contribution in [0.1, 0.15) is 16.1 Å². The third-order valence-electron chi connectivity index (χ3n) is 3.85. The quantitative estimate of drug-likeness (QED) is 0.800. The van der Waals surface area contributed by atoms with E-state index in [0.29, 0.717) is 18.1 Å². The zero-order valence-corrected chi connectivity index (χ0v) is 14.9. The number of methoxy groups -OCH3 is 1. The minimum atomic E-state index is -4.48. The van der Waals surface area contributed by atoms with E-state index in [1.165, 1.54) is 35.5 Å². The van der Waals surface area contributed by atoms with E-state index in [-0.39, 0.29) is 12.2 Å². The van der Waals surface area contributed by atoms with Gasteiger partial charge in [0.2, 0.25) is 0 Å². The Hall–Kier alpha value is -2.82. The number of alkyl halides is 3. The lowest BCUT2D eigenvalue weighted by Gasteiger charge is -2.26. The van der Waals surface area contributed by atoms with Gasteiger partial charge in [0.15, 0.2) is 5.13 Å². The molecular weight excluding hydrogens is 385 g/mol. The predicted molar refractivity (Wildman–Crippen MR) is 92.7 cm³/mol. The Morgan fingerprint density at radius 3 is 2.78 bits per heavy atom. The number of benzene rings is 1. The van der Waals surface area contributed by atoms with E-state index in [9.17, 15) is 22.8 Å². The number of carbonyl (C=O) groups excluding carboxylic acids is 2. The predicted octanol–water partition coefficient (Wildman–Crippen LogP) is 3.93. The summed E-state index contributed by atoms with van der Waals surface area (Å²) in [6.45, 7) is 0.611. The summed E-state index contributed by atoms with van der Waals surface area (Å²) < 4.78 is 42.8. The number of nitrogens with one attached hydrogen (secondary N) is 2. The normalized spacial score (nSPS) is 13.7. The molecule has 1 aromatic carbocycles. The van der Waals surface area contributed by atoms with Crippen LogP contribution in [0.15, 0.2) is 24.3 Å². The van der Waals surface area contributed by atoms with Gasteiger partial charge in [-0.2, -0.15) is 13.2 Å². The minimum Gasteiger partial charge on any atom is -0.453 e. The molecule has 3 amide bonds. The molecule has 11 heteroatoms. The highest BCUT2D eigenvalue weighted by Gasteiger charge is 2.31. The van der Waals surface area contributed by atoms with Gasteiger partial charge in [-0.25, -0.2) is 14.6 Å². The van der Waals surface area contributed by atoms with E-state index in [0.717, 1.165) is 22.7 Å². The van der Waals surface area contributed by atoms with Crippen LogP contribution in [0.3, 0.4) is 0 Å². The maximum atomic E-state index is 12.8. The molecule has 0 aliphatic carbocycles. The Bertz CT molecular complexity index is 869. The molecule has 2 N–H and O–H groups in total. The first-order chi connectivity index (χ1) is 12.8. The fourth-order valence-corrected chi connectivity index (χ4v) is 3.55. The highest BCUT2D eigenvalue weighted by Crippen LogP contribution is 2.31. The summed E-state index contributed by atoms with van der Waals surface area (Å²) in [4.78, 5) is 30.2. The van der Waals surface area contributed by atoms with E-state index in [4.69, 9.17) is 0 Å². The molecule has 0 bridgehead atoms. The highest BCUT2D eigenvalue weighted by molar-refractivity contribution is 7.15. The molecule has 0 saturated carbocycles. The van der Waals surface area contributed by atoms with Gasteiger partial charge < -0.3 is 15.0 Å². The molecule has 144 valence electrons. The number of hydrogen-bond donors (Lipinski definition) is 2. The van der Waals surface area contributed by atoms with E-state index in [2.05, 4.69) is 20.4 Å². The van der Waals surface area contributed by atoms with Crippen LogP contribution in [0, 0.1) is 0 Å². The number of urea groups is 1. The van der Waals surface area contributed by atoms with Crippen LogP contribution in [0.2, 0.25) is 0 Å². The third-order valence-corrected chi connectivity index (χ3v) is 4.85. The Morgan fingerprint density at radius 1 is 1.30 bits per heavy atom. The first-order valence-corrected chi connectivity index (χ1v) is 8.64. The van der Waals surface area contributed by atoms with Crippen molar-refractivity contribution < 1.29 is 27.5 Å². The van der Waals surface area contributed by atoms with E-state index < -0.39 is 23.9 Å². The molecule has 0 spiro atoms. The van der Waals surface area contributed by atoms with Gasteiger partial charge >= 0.3 is 18.3 Å². The van der Waals surface area contributed by atoms with E-state index in [1.54, 1.807) is 0 Å². The molecule has 0 radical (unpaired) electrons. The molecule has 0 atom stereocenters. The van der Waals surface area contributed by atoms with E-state index in [1.807, 2.05) is 0 Å². The Balaban J connectivity index is 1.67. The summed E-state index contributed by atoms with van der Waals surface area (Å²) in [6.07, 6.45) is -4.64. The standard InChI is InChI=1S/C16H15F3N4O3S/c1-26-15(25)22-13-21-11-5-6-23(8-12(11)27-13)14(24)20-10-4-2-3-9(7-10)16(17,18)19/h2-4,7H,5-6,8H2,1H3,(H,20,24)(H,21,22,25). The molecule has 3 rings (SSSR count). The van der Waals surface area contributed by atoms with Crippen LogP contribution in [0.25, 0.3) is 0 Å². The van der Waals surface area contributed by atoms with Crippen molar-refractivity contribution in [3.63, 3.8) is 0 Å². The van der Waals surface area contributed by atoms with E-state index >= 15 is 0 Å². The second-order valence-electron chi connectivity index (χ2n) is 5.69. The molecule has 27 heavy (non-hydrogen) atoms. The number of aromatic nitrogens is 1. The number of anilines is 2. The number of fused-ring (bicyclic) bond motifs is 1. The molecule has 0 saturated heterocycles. The number of carbonyl (C=O) groups is 2. The van der Waals surface area contributed by atoms with Crippen molar-refractivity contribution in [3.05, 3.63) is 40.4 Å². The molecule has 1 aliphatic heterocycles. The molecule has 1 aromatic heterocycles. The van der Waals surface area contributed by atoms with Crippen LogP contribution in [-0.4, -0.2) is 35.7 Å². The van der Waals surface area contributed by atoms with Crippen LogP contribution in [0.4, 0.5) is 33.6 Å². The number of ether oxygens (including phenoxy) is 1. The molecule has 0 fully saturated rings. The average molecular weight is 400 g/mol. The lowest BCUT2D eigenvalue weighted by atomic mass is 10.2. The number of hydrogen-bond acceptors (Lipinski definition) is 5. The lowest BCUT2D eigenvalue weighted by Crippen LogP contribution is -2.38. The summed E-state index contributed by atoms with van der Waals surface area (Å²) in [5, 5.41) is 5.33. The minimum absolute atomic E-state index is 0.0676. The van der Waals surface area contributed by atoms with Crippen molar-refractivity contribution in [1.82, 2.24) is 9.88 Å². The smallest absolute Gasteiger partial charge is 0.416 e. The maximum absolute atomic E-state index is 12.8. The molecule has 2 heterocycles. The van der Waals surface area contributed by atoms with Crippen LogP contribution < -0.4 is 10.6 Å². The molecule has 1 aliphatic rings. The highest BCUT2D eigenvalue weighted by atomic mass is 32.1. The van der Waals surface area contributed by atoms with Gasteiger partial charge in [0.25, 0.3) is 0 Å². The van der Waals surface area contributed by atoms with Gasteiger partial charge in [-0.3, -0.25) is 5.32 Å². The summed E-state index contributed by atoms with van der Waals surface area (Å²) >= 11 is 1.22. The zero-order valence-electron chi connectivity index (χ0n) is 14.1. The maximum Gasteiger partial charge on any atom is 0.416 e. The zero-order chi connectivity index (χ0) is 19.6. The molecule has 7 nitrogen and oxygen atoms in total. The van der Waals surface area contributed by atoms with Crippen molar-refractivity contribution in [2.45, 2.75) is 19.1 Å².